The number of aliphatic carboxylic acids is 3. The molecule has 0 aliphatic heterocycles. The van der Waals surface area contributed by atoms with Crippen LogP contribution in [0.4, 0.5) is 8.78 Å². The standard InChI is InChI=1S/C53H65F2N7O15/c1-30(63)57-40(29-44(68)69)51(74)58-37(22-24-43(66)67)49(72)62-46(45(33-13-7-3-8-14-33)34-15-9-4-10-16-34)52(75)59-36(21-23-42(64)65)48(71)60-38(27-32-11-5-2-6-12-32)50(73)61-39(28-41(54)55)47(70)56-26-25-31-17-19-35(20-18-31)53(76)77/h3-4,7-10,13-20,32,36-41,45-46H,2,5-6,11-12,21-29H2,1H3,(H,56,70)(H,57,63)(H,58,74)(H,59,75)(H,60,71)(H,61,73)(H,62,72)(H,64,65)(H,66,67)(H,68,69)(H,76,77). The SMILES string of the molecule is CC(=O)NC(CC(=O)O)C(=O)NC(CCC(=O)O)C(=O)NC(C(=O)NC(CCC(=O)O)C(=O)NC(CC1CCCCC1)C(=O)NC(CC(F)F)C(=O)NCCc1ccc(C(=O)O)cc1)C(c1ccccc1)c1ccccc1. The van der Waals surface area contributed by atoms with E-state index in [1.807, 2.05) is 0 Å². The number of carboxylic acids is 4. The van der Waals surface area contributed by atoms with Gasteiger partial charge in [-0.05, 0) is 60.4 Å². The Balaban J connectivity index is 1.70. The van der Waals surface area contributed by atoms with Crippen molar-refractivity contribution < 1.29 is 81.9 Å². The molecular formula is C53H65F2N7O15. The molecule has 0 aromatic heterocycles. The number of alkyl halides is 2. The van der Waals surface area contributed by atoms with E-state index in [2.05, 4.69) is 37.2 Å². The Bertz CT molecular complexity index is 2480. The van der Waals surface area contributed by atoms with E-state index >= 15 is 4.79 Å². The van der Waals surface area contributed by atoms with Gasteiger partial charge in [0.1, 0.15) is 36.3 Å². The van der Waals surface area contributed by atoms with Gasteiger partial charge in [0.2, 0.25) is 47.8 Å². The van der Waals surface area contributed by atoms with E-state index in [-0.39, 0.29) is 30.9 Å². The average Bonchev–Trinajstić information content (AvgIpc) is 3.38. The fraction of sp³-hybridized carbons (Fsp3) is 0.453. The lowest BCUT2D eigenvalue weighted by Crippen LogP contribution is -2.61. The van der Waals surface area contributed by atoms with Crippen molar-refractivity contribution in [2.24, 2.45) is 5.92 Å². The summed E-state index contributed by atoms with van der Waals surface area (Å²) in [7, 11) is 0. The number of aromatic carboxylic acids is 1. The third kappa shape index (κ3) is 21.1. The highest BCUT2D eigenvalue weighted by Crippen LogP contribution is 2.30. The minimum atomic E-state index is -3.08. The maximum absolute atomic E-state index is 15.0. The molecule has 0 saturated heterocycles. The summed E-state index contributed by atoms with van der Waals surface area (Å²) in [4.78, 5) is 144. The molecule has 0 bridgehead atoms. The average molecular weight is 1080 g/mol. The topological polar surface area (TPSA) is 353 Å². The normalized spacial score (nSPS) is 14.8. The molecule has 1 fully saturated rings. The molecule has 6 unspecified atom stereocenters. The molecular weight excluding hydrogens is 1010 g/mol. The molecule has 3 aromatic carbocycles. The van der Waals surface area contributed by atoms with Gasteiger partial charge in [-0.25, -0.2) is 13.6 Å². The van der Waals surface area contributed by atoms with Crippen molar-refractivity contribution in [3.05, 3.63) is 107 Å². The molecule has 11 N–H and O–H groups in total. The van der Waals surface area contributed by atoms with Crippen LogP contribution in [0.5, 0.6) is 0 Å². The van der Waals surface area contributed by atoms with E-state index < -0.39 is 152 Å². The lowest BCUT2D eigenvalue weighted by Gasteiger charge is -2.32. The zero-order valence-corrected chi connectivity index (χ0v) is 42.2. The first-order chi connectivity index (χ1) is 36.6. The molecule has 1 saturated carbocycles. The number of hydrogen-bond acceptors (Lipinski definition) is 11. The summed E-state index contributed by atoms with van der Waals surface area (Å²) >= 11 is 0. The summed E-state index contributed by atoms with van der Waals surface area (Å²) in [5, 5.41) is 55.0. The molecule has 24 heteroatoms. The van der Waals surface area contributed by atoms with E-state index in [0.717, 1.165) is 26.2 Å². The van der Waals surface area contributed by atoms with E-state index in [9.17, 15) is 77.2 Å². The maximum Gasteiger partial charge on any atom is 0.335 e. The molecule has 1 aliphatic rings. The zero-order chi connectivity index (χ0) is 56.6. The predicted octanol–water partition coefficient (Wildman–Crippen LogP) is 2.63. The predicted molar refractivity (Wildman–Crippen MR) is 270 cm³/mol. The highest BCUT2D eigenvalue weighted by molar-refractivity contribution is 5.98. The number of nitrogens with one attached hydrogen (secondary N) is 7. The van der Waals surface area contributed by atoms with Gasteiger partial charge in [-0.1, -0.05) is 105 Å². The van der Waals surface area contributed by atoms with Crippen LogP contribution in [-0.2, 0) is 54.4 Å². The first-order valence-electron chi connectivity index (χ1n) is 25.0. The number of carboxylic acid groups (broad SMARTS) is 4. The number of hydrogen-bond donors (Lipinski definition) is 11. The van der Waals surface area contributed by atoms with Crippen molar-refractivity contribution in [3.63, 3.8) is 0 Å². The number of halogens is 2. The second kappa shape index (κ2) is 30.9. The van der Waals surface area contributed by atoms with Crippen LogP contribution < -0.4 is 37.2 Å². The minimum absolute atomic E-state index is 0.0254. The third-order valence-corrected chi connectivity index (χ3v) is 12.8. The molecule has 0 heterocycles. The summed E-state index contributed by atoms with van der Waals surface area (Å²) < 4.78 is 28.0. The molecule has 3 aromatic rings. The number of carbonyl (C=O) groups is 11. The van der Waals surface area contributed by atoms with Crippen LogP contribution in [0.15, 0.2) is 84.9 Å². The van der Waals surface area contributed by atoms with E-state index in [0.29, 0.717) is 29.5 Å². The number of rotatable bonds is 31. The fourth-order valence-corrected chi connectivity index (χ4v) is 8.90. The molecule has 4 rings (SSSR count). The zero-order valence-electron chi connectivity index (χ0n) is 42.2. The van der Waals surface area contributed by atoms with Crippen LogP contribution in [0.3, 0.4) is 0 Å². The molecule has 22 nitrogen and oxygen atoms in total. The molecule has 7 amide bonds. The third-order valence-electron chi connectivity index (χ3n) is 12.8. The fourth-order valence-electron chi connectivity index (χ4n) is 8.90. The van der Waals surface area contributed by atoms with Gasteiger partial charge in [0.15, 0.2) is 0 Å². The van der Waals surface area contributed by atoms with Gasteiger partial charge >= 0.3 is 23.9 Å². The van der Waals surface area contributed by atoms with Crippen molar-refractivity contribution in [2.45, 2.75) is 139 Å². The van der Waals surface area contributed by atoms with E-state index in [1.54, 1.807) is 60.7 Å². The largest absolute Gasteiger partial charge is 0.481 e. The molecule has 416 valence electrons. The van der Waals surface area contributed by atoms with Crippen molar-refractivity contribution >= 4 is 65.2 Å². The highest BCUT2D eigenvalue weighted by Gasteiger charge is 2.39. The first-order valence-corrected chi connectivity index (χ1v) is 25.0. The van der Waals surface area contributed by atoms with Gasteiger partial charge in [-0.3, -0.25) is 47.9 Å². The Hall–Kier alpha value is -8.31. The second-order valence-electron chi connectivity index (χ2n) is 18.7. The van der Waals surface area contributed by atoms with E-state index in [1.165, 1.54) is 24.3 Å². The summed E-state index contributed by atoms with van der Waals surface area (Å²) in [6.45, 7) is 0.920. The number of amides is 7. The Kier molecular flexibility index (Phi) is 24.6. The lowest BCUT2D eigenvalue weighted by atomic mass is 9.84. The van der Waals surface area contributed by atoms with Gasteiger partial charge < -0.3 is 57.6 Å². The minimum Gasteiger partial charge on any atom is -0.481 e. The van der Waals surface area contributed by atoms with Gasteiger partial charge in [0.25, 0.3) is 0 Å². The quantitative estimate of drug-likeness (QED) is 0.0441. The van der Waals surface area contributed by atoms with Crippen molar-refractivity contribution in [2.75, 3.05) is 6.54 Å². The molecule has 77 heavy (non-hydrogen) atoms. The van der Waals surface area contributed by atoms with Crippen LogP contribution in [-0.4, -0.2) is 135 Å². The first kappa shape index (κ1) is 61.2. The van der Waals surface area contributed by atoms with Gasteiger partial charge in [0, 0.05) is 38.6 Å². The number of benzene rings is 3. The molecule has 0 radical (unpaired) electrons. The van der Waals surface area contributed by atoms with E-state index in [4.69, 9.17) is 0 Å². The Morgan fingerprint density at radius 1 is 0.532 bits per heavy atom. The van der Waals surface area contributed by atoms with Crippen LogP contribution in [0.2, 0.25) is 0 Å². The summed E-state index contributed by atoms with van der Waals surface area (Å²) in [5.41, 5.74) is 1.46. The van der Waals surface area contributed by atoms with Gasteiger partial charge in [0.05, 0.1) is 12.0 Å². The Labute approximate surface area is 441 Å². The second-order valence-corrected chi connectivity index (χ2v) is 18.7. The Morgan fingerprint density at radius 2 is 1.01 bits per heavy atom. The van der Waals surface area contributed by atoms with Crippen LogP contribution in [0, 0.1) is 5.92 Å². The molecule has 0 spiro atoms. The smallest absolute Gasteiger partial charge is 0.335 e. The monoisotopic (exact) mass is 1080 g/mol. The highest BCUT2D eigenvalue weighted by atomic mass is 19.3. The van der Waals surface area contributed by atoms with Crippen molar-refractivity contribution in [3.8, 4) is 0 Å². The van der Waals surface area contributed by atoms with Crippen LogP contribution in [0.1, 0.15) is 117 Å². The molecule has 6 atom stereocenters. The van der Waals surface area contributed by atoms with Gasteiger partial charge in [-0.2, -0.15) is 0 Å². The van der Waals surface area contributed by atoms with Crippen LogP contribution >= 0.6 is 0 Å². The van der Waals surface area contributed by atoms with Crippen LogP contribution in [0.25, 0.3) is 0 Å². The van der Waals surface area contributed by atoms with Crippen molar-refractivity contribution in [1.29, 1.82) is 0 Å². The number of carbonyl (C=O) groups excluding carboxylic acids is 7. The summed E-state index contributed by atoms with van der Waals surface area (Å²) in [5.74, 6) is -14.2. The lowest BCUT2D eigenvalue weighted by molar-refractivity contribution is -0.141. The summed E-state index contributed by atoms with van der Waals surface area (Å²) in [6.07, 6.45) is -4.01. The maximum atomic E-state index is 15.0. The molecule has 1 aliphatic carbocycles. The summed E-state index contributed by atoms with van der Waals surface area (Å²) in [6, 6.07) is 11.7. The van der Waals surface area contributed by atoms with Crippen molar-refractivity contribution in [1.82, 2.24) is 37.2 Å². The Morgan fingerprint density at radius 3 is 1.51 bits per heavy atom. The van der Waals surface area contributed by atoms with Gasteiger partial charge in [-0.15, -0.1) is 0 Å².